The first-order chi connectivity index (χ1) is 12.6. The van der Waals surface area contributed by atoms with E-state index >= 15 is 0 Å². The first-order valence-corrected chi connectivity index (χ1v) is 8.51. The van der Waals surface area contributed by atoms with E-state index in [0.29, 0.717) is 34.4 Å². The Labute approximate surface area is 155 Å². The van der Waals surface area contributed by atoms with Crippen LogP contribution in [0.5, 0.6) is 11.5 Å². The molecular weight excluding hydrogens is 354 g/mol. The molecule has 0 atom stereocenters. The van der Waals surface area contributed by atoms with Gasteiger partial charge in [0.2, 0.25) is 6.79 Å². The average molecular weight is 370 g/mol. The minimum Gasteiger partial charge on any atom is -0.461 e. The second-order valence-corrected chi connectivity index (χ2v) is 6.39. The van der Waals surface area contributed by atoms with E-state index < -0.39 is 0 Å². The molecule has 0 aliphatic carbocycles. The highest BCUT2D eigenvalue weighted by atomic mass is 35.5. The summed E-state index contributed by atoms with van der Waals surface area (Å²) in [5.41, 5.74) is 2.31. The highest BCUT2D eigenvalue weighted by Crippen LogP contribution is 2.32. The van der Waals surface area contributed by atoms with E-state index in [-0.39, 0.29) is 12.7 Å². The van der Waals surface area contributed by atoms with Crippen molar-refractivity contribution in [2.45, 2.75) is 13.5 Å². The number of hydrogen-bond acceptors (Lipinski definition) is 4. The Balaban J connectivity index is 1.47. The van der Waals surface area contributed by atoms with Gasteiger partial charge in [-0.1, -0.05) is 17.7 Å². The van der Waals surface area contributed by atoms with Gasteiger partial charge in [0.15, 0.2) is 11.5 Å². The second-order valence-electron chi connectivity index (χ2n) is 5.96. The van der Waals surface area contributed by atoms with Gasteiger partial charge in [-0.05, 0) is 55.0 Å². The predicted molar refractivity (Wildman–Crippen MR) is 97.6 cm³/mol. The molecule has 132 valence electrons. The van der Waals surface area contributed by atoms with Gasteiger partial charge in [0.1, 0.15) is 11.5 Å². The van der Waals surface area contributed by atoms with E-state index in [1.54, 1.807) is 25.1 Å². The van der Waals surface area contributed by atoms with Crippen molar-refractivity contribution in [3.05, 3.63) is 70.4 Å². The summed E-state index contributed by atoms with van der Waals surface area (Å²) in [6.45, 7) is 2.39. The van der Waals surface area contributed by atoms with Gasteiger partial charge < -0.3 is 19.2 Å². The molecule has 2 heterocycles. The van der Waals surface area contributed by atoms with Crippen LogP contribution in [0.3, 0.4) is 0 Å². The molecule has 0 bridgehead atoms. The number of furan rings is 1. The van der Waals surface area contributed by atoms with E-state index in [1.165, 1.54) is 0 Å². The second kappa shape index (κ2) is 6.77. The molecule has 4 rings (SSSR count). The number of nitrogens with one attached hydrogen (secondary N) is 1. The summed E-state index contributed by atoms with van der Waals surface area (Å²) in [5.74, 6) is 2.43. The van der Waals surface area contributed by atoms with E-state index in [9.17, 15) is 4.79 Å². The van der Waals surface area contributed by atoms with Crippen LogP contribution in [0.15, 0.2) is 52.9 Å². The molecule has 0 saturated heterocycles. The molecule has 2 aromatic carbocycles. The number of ether oxygens (including phenoxy) is 2. The molecule has 1 N–H and O–H groups in total. The average Bonchev–Trinajstić information content (AvgIpc) is 3.26. The molecule has 5 nitrogen and oxygen atoms in total. The summed E-state index contributed by atoms with van der Waals surface area (Å²) in [6, 6.07) is 14.6. The van der Waals surface area contributed by atoms with Gasteiger partial charge in [-0.15, -0.1) is 0 Å². The zero-order valence-corrected chi connectivity index (χ0v) is 14.8. The number of aryl methyl sites for hydroxylation is 1. The Morgan fingerprint density at radius 2 is 1.85 bits per heavy atom. The third-order valence-electron chi connectivity index (χ3n) is 4.18. The highest BCUT2D eigenvalue weighted by molar-refractivity contribution is 6.30. The van der Waals surface area contributed by atoms with Crippen LogP contribution in [0.4, 0.5) is 0 Å². The minimum absolute atomic E-state index is 0.191. The summed E-state index contributed by atoms with van der Waals surface area (Å²) in [7, 11) is 0. The smallest absolute Gasteiger partial charge is 0.255 e. The van der Waals surface area contributed by atoms with E-state index in [2.05, 4.69) is 5.32 Å². The number of carbonyl (C=O) groups is 1. The monoisotopic (exact) mass is 369 g/mol. The topological polar surface area (TPSA) is 60.7 Å². The lowest BCUT2D eigenvalue weighted by Crippen LogP contribution is -2.22. The van der Waals surface area contributed by atoms with Gasteiger partial charge in [-0.25, -0.2) is 0 Å². The Morgan fingerprint density at radius 3 is 2.65 bits per heavy atom. The van der Waals surface area contributed by atoms with Crippen LogP contribution in [-0.2, 0) is 6.54 Å². The Morgan fingerprint density at radius 1 is 1.08 bits per heavy atom. The summed E-state index contributed by atoms with van der Waals surface area (Å²) >= 11 is 5.91. The van der Waals surface area contributed by atoms with Gasteiger partial charge in [0.25, 0.3) is 5.91 Å². The molecule has 0 spiro atoms. The number of amides is 1. The lowest BCUT2D eigenvalue weighted by atomic mass is 10.1. The summed E-state index contributed by atoms with van der Waals surface area (Å²) < 4.78 is 16.4. The third kappa shape index (κ3) is 3.26. The van der Waals surface area contributed by atoms with E-state index in [0.717, 1.165) is 16.9 Å². The highest BCUT2D eigenvalue weighted by Gasteiger charge is 2.17. The van der Waals surface area contributed by atoms with Crippen LogP contribution in [0.1, 0.15) is 21.7 Å². The quantitative estimate of drug-likeness (QED) is 0.732. The molecule has 0 radical (unpaired) electrons. The Bertz CT molecular complexity index is 962. The molecular formula is C20H16ClNO4. The standard InChI is InChI=1S/C20H16ClNO4/c1-12-16(9-18(26-12)14-3-5-15(21)6-4-14)20(23)22-10-13-2-7-17-19(8-13)25-11-24-17/h2-9H,10-11H2,1H3,(H,22,23). The number of halogens is 1. The van der Waals surface area contributed by atoms with Crippen molar-refractivity contribution in [1.29, 1.82) is 0 Å². The maximum absolute atomic E-state index is 12.5. The third-order valence-corrected chi connectivity index (χ3v) is 4.43. The van der Waals surface area contributed by atoms with E-state index in [1.807, 2.05) is 30.3 Å². The SMILES string of the molecule is Cc1oc(-c2ccc(Cl)cc2)cc1C(=O)NCc1ccc2c(c1)OCO2. The van der Waals surface area contributed by atoms with Crippen LogP contribution in [0.2, 0.25) is 5.02 Å². The first-order valence-electron chi connectivity index (χ1n) is 8.13. The fourth-order valence-electron chi connectivity index (χ4n) is 2.79. The van der Waals surface area contributed by atoms with Crippen molar-refractivity contribution in [3.8, 4) is 22.8 Å². The molecule has 0 fully saturated rings. The number of benzene rings is 2. The number of rotatable bonds is 4. The van der Waals surface area contributed by atoms with Crippen LogP contribution in [0, 0.1) is 6.92 Å². The lowest BCUT2D eigenvalue weighted by Gasteiger charge is -2.05. The first kappa shape index (κ1) is 16.5. The molecule has 0 unspecified atom stereocenters. The Kier molecular flexibility index (Phi) is 4.31. The van der Waals surface area contributed by atoms with Crippen molar-refractivity contribution in [2.24, 2.45) is 0 Å². The van der Waals surface area contributed by atoms with Crippen molar-refractivity contribution < 1.29 is 18.7 Å². The number of fused-ring (bicyclic) bond motifs is 1. The molecule has 1 amide bonds. The van der Waals surface area contributed by atoms with Crippen molar-refractivity contribution in [2.75, 3.05) is 6.79 Å². The van der Waals surface area contributed by atoms with Crippen LogP contribution < -0.4 is 14.8 Å². The number of carbonyl (C=O) groups excluding carboxylic acids is 1. The van der Waals surface area contributed by atoms with Crippen LogP contribution >= 0.6 is 11.6 Å². The van der Waals surface area contributed by atoms with Crippen molar-refractivity contribution in [3.63, 3.8) is 0 Å². The van der Waals surface area contributed by atoms with Gasteiger partial charge >= 0.3 is 0 Å². The molecule has 0 saturated carbocycles. The van der Waals surface area contributed by atoms with Crippen LogP contribution in [-0.4, -0.2) is 12.7 Å². The molecule has 6 heteroatoms. The molecule has 1 aliphatic heterocycles. The lowest BCUT2D eigenvalue weighted by molar-refractivity contribution is 0.0949. The zero-order chi connectivity index (χ0) is 18.1. The van der Waals surface area contributed by atoms with Crippen molar-refractivity contribution in [1.82, 2.24) is 5.32 Å². The van der Waals surface area contributed by atoms with Crippen LogP contribution in [0.25, 0.3) is 11.3 Å². The fraction of sp³-hybridized carbons (Fsp3) is 0.150. The van der Waals surface area contributed by atoms with Gasteiger partial charge in [0.05, 0.1) is 5.56 Å². The summed E-state index contributed by atoms with van der Waals surface area (Å²) in [6.07, 6.45) is 0. The molecule has 1 aliphatic rings. The van der Waals surface area contributed by atoms with Crippen molar-refractivity contribution >= 4 is 17.5 Å². The summed E-state index contributed by atoms with van der Waals surface area (Å²) in [4.78, 5) is 12.5. The van der Waals surface area contributed by atoms with Gasteiger partial charge in [0, 0.05) is 17.1 Å². The predicted octanol–water partition coefficient (Wildman–Crippen LogP) is 4.57. The normalized spacial score (nSPS) is 12.2. The minimum atomic E-state index is -0.191. The zero-order valence-electron chi connectivity index (χ0n) is 14.0. The molecule has 3 aromatic rings. The maximum atomic E-state index is 12.5. The summed E-state index contributed by atoms with van der Waals surface area (Å²) in [5, 5.41) is 3.56. The van der Waals surface area contributed by atoms with E-state index in [4.69, 9.17) is 25.5 Å². The number of hydrogen-bond donors (Lipinski definition) is 1. The van der Waals surface area contributed by atoms with Gasteiger partial charge in [-0.2, -0.15) is 0 Å². The molecule has 26 heavy (non-hydrogen) atoms. The maximum Gasteiger partial charge on any atom is 0.255 e. The fourth-order valence-corrected chi connectivity index (χ4v) is 2.92. The largest absolute Gasteiger partial charge is 0.461 e. The van der Waals surface area contributed by atoms with Gasteiger partial charge in [-0.3, -0.25) is 4.79 Å². The Hall–Kier alpha value is -2.92. The molecule has 1 aromatic heterocycles.